The van der Waals surface area contributed by atoms with Crippen LogP contribution in [0.15, 0.2) is 81.3 Å². The van der Waals surface area contributed by atoms with Crippen LogP contribution in [0.1, 0.15) is 118 Å². The maximum atomic E-state index is 5.13. The van der Waals surface area contributed by atoms with Crippen molar-refractivity contribution < 1.29 is 4.42 Å². The fourth-order valence-electron chi connectivity index (χ4n) is 4.01. The molecule has 0 aromatic carbocycles. The molecule has 1 nitrogen and oxygen atoms in total. The quantitative estimate of drug-likeness (QED) is 0.215. The summed E-state index contributed by atoms with van der Waals surface area (Å²) in [7, 11) is 0. The first-order valence-electron chi connectivity index (χ1n) is 13.2. The predicted octanol–water partition coefficient (Wildman–Crippen LogP) is 10.9. The van der Waals surface area contributed by atoms with E-state index < -0.39 is 0 Å². The summed E-state index contributed by atoms with van der Waals surface area (Å²) in [5, 5.41) is 0. The maximum Gasteiger partial charge on any atom is 0.0934 e. The van der Waals surface area contributed by atoms with Crippen LogP contribution in [0.2, 0.25) is 0 Å². The van der Waals surface area contributed by atoms with Crippen molar-refractivity contribution in [1.82, 2.24) is 0 Å². The zero-order valence-electron chi connectivity index (χ0n) is 22.5. The highest BCUT2D eigenvalue weighted by Gasteiger charge is 1.96. The third kappa shape index (κ3) is 16.3. The molecule has 0 aliphatic carbocycles. The van der Waals surface area contributed by atoms with Crippen molar-refractivity contribution in [2.45, 2.75) is 119 Å². The largest absolute Gasteiger partial charge is 0.472 e. The molecule has 184 valence electrons. The Morgan fingerprint density at radius 3 is 1.36 bits per heavy atom. The highest BCUT2D eigenvalue weighted by atomic mass is 16.3. The molecule has 0 atom stereocenters. The second kappa shape index (κ2) is 18.4. The number of allylic oxidation sites excluding steroid dienone is 10. The van der Waals surface area contributed by atoms with E-state index in [-0.39, 0.29) is 0 Å². The summed E-state index contributed by atoms with van der Waals surface area (Å²) in [6.45, 7) is 13.6. The standard InChI is InChI=1S/C32H50O/c1-7-13-27(2)14-8-15-28(3)16-9-17-29(4)18-10-19-30(5)20-11-21-31(6)22-12-23-32-24-25-33-26-32/h14,16,18,20,22,24-26H,7-13,15,17,19,21,23H2,1-6H3. The second-order valence-corrected chi connectivity index (χ2v) is 9.83. The third-order valence-corrected chi connectivity index (χ3v) is 6.28. The van der Waals surface area contributed by atoms with Gasteiger partial charge in [0.1, 0.15) is 0 Å². The second-order valence-electron chi connectivity index (χ2n) is 9.83. The Labute approximate surface area is 205 Å². The van der Waals surface area contributed by atoms with Crippen LogP contribution >= 0.6 is 0 Å². The van der Waals surface area contributed by atoms with Crippen LogP contribution in [0.4, 0.5) is 0 Å². The lowest BCUT2D eigenvalue weighted by Crippen LogP contribution is -1.84. The Hall–Kier alpha value is -2.02. The zero-order chi connectivity index (χ0) is 24.3. The summed E-state index contributed by atoms with van der Waals surface area (Å²) in [6, 6.07) is 2.05. The SMILES string of the molecule is CCCC(C)=CCCC(C)=CCCC(C)=CCCC(C)=CCCC(C)=CCCc1ccoc1. The smallest absolute Gasteiger partial charge is 0.0934 e. The predicted molar refractivity (Wildman–Crippen MR) is 148 cm³/mol. The van der Waals surface area contributed by atoms with Gasteiger partial charge >= 0.3 is 0 Å². The number of aryl methyl sites for hydroxylation is 1. The molecular weight excluding hydrogens is 400 g/mol. The van der Waals surface area contributed by atoms with E-state index in [1.54, 1.807) is 11.8 Å². The molecule has 0 saturated heterocycles. The normalized spacial score (nSPS) is 14.3. The van der Waals surface area contributed by atoms with Crippen LogP contribution < -0.4 is 0 Å². The van der Waals surface area contributed by atoms with Gasteiger partial charge in [-0.25, -0.2) is 0 Å². The summed E-state index contributed by atoms with van der Waals surface area (Å²) >= 11 is 0. The summed E-state index contributed by atoms with van der Waals surface area (Å²) < 4.78 is 5.13. The van der Waals surface area contributed by atoms with E-state index in [4.69, 9.17) is 4.42 Å². The van der Waals surface area contributed by atoms with Crippen LogP contribution in [-0.2, 0) is 6.42 Å². The van der Waals surface area contributed by atoms with E-state index in [0.717, 1.165) is 32.1 Å². The van der Waals surface area contributed by atoms with Gasteiger partial charge in [0.15, 0.2) is 0 Å². The first-order valence-corrected chi connectivity index (χ1v) is 13.2. The molecule has 1 aromatic rings. The number of hydrogen-bond donors (Lipinski definition) is 0. The average molecular weight is 451 g/mol. The summed E-state index contributed by atoms with van der Waals surface area (Å²) in [5.41, 5.74) is 8.91. The number of hydrogen-bond acceptors (Lipinski definition) is 1. The van der Waals surface area contributed by atoms with E-state index >= 15 is 0 Å². The average Bonchev–Trinajstić information content (AvgIpc) is 3.27. The lowest BCUT2D eigenvalue weighted by molar-refractivity contribution is 0.564. The highest BCUT2D eigenvalue weighted by molar-refractivity contribution is 5.10. The Balaban J connectivity index is 2.19. The monoisotopic (exact) mass is 450 g/mol. The van der Waals surface area contributed by atoms with E-state index in [1.807, 2.05) is 6.26 Å². The minimum absolute atomic E-state index is 1.07. The first kappa shape index (κ1) is 29.0. The van der Waals surface area contributed by atoms with Gasteiger partial charge in [-0.1, -0.05) is 71.6 Å². The minimum atomic E-state index is 1.07. The highest BCUT2D eigenvalue weighted by Crippen LogP contribution is 2.16. The molecule has 0 bridgehead atoms. The van der Waals surface area contributed by atoms with Crippen LogP contribution in [0, 0.1) is 0 Å². The maximum absolute atomic E-state index is 5.13. The van der Waals surface area contributed by atoms with Crippen molar-refractivity contribution >= 4 is 0 Å². The lowest BCUT2D eigenvalue weighted by Gasteiger charge is -2.03. The molecule has 0 amide bonds. The first-order chi connectivity index (χ1) is 15.9. The Bertz CT molecular complexity index is 780. The summed E-state index contributed by atoms with van der Waals surface area (Å²) in [4.78, 5) is 0. The zero-order valence-corrected chi connectivity index (χ0v) is 22.5. The van der Waals surface area contributed by atoms with Crippen LogP contribution in [-0.4, -0.2) is 0 Å². The van der Waals surface area contributed by atoms with Crippen LogP contribution in [0.25, 0.3) is 0 Å². The molecule has 0 unspecified atom stereocenters. The van der Waals surface area contributed by atoms with Gasteiger partial charge in [0.2, 0.25) is 0 Å². The molecular formula is C32H50O. The number of rotatable bonds is 17. The minimum Gasteiger partial charge on any atom is -0.472 e. The molecule has 0 aliphatic rings. The van der Waals surface area contributed by atoms with Gasteiger partial charge in [0.25, 0.3) is 0 Å². The van der Waals surface area contributed by atoms with Crippen LogP contribution in [0.3, 0.4) is 0 Å². The fraction of sp³-hybridized carbons (Fsp3) is 0.562. The van der Waals surface area contributed by atoms with Crippen molar-refractivity contribution in [3.63, 3.8) is 0 Å². The molecule has 1 heteroatoms. The van der Waals surface area contributed by atoms with E-state index in [1.165, 1.54) is 72.8 Å². The van der Waals surface area contributed by atoms with Crippen LogP contribution in [0.5, 0.6) is 0 Å². The van der Waals surface area contributed by atoms with E-state index in [0.29, 0.717) is 0 Å². The molecule has 1 rings (SSSR count). The number of furan rings is 1. The van der Waals surface area contributed by atoms with Gasteiger partial charge in [-0.05, 0) is 117 Å². The Morgan fingerprint density at radius 2 is 1.00 bits per heavy atom. The van der Waals surface area contributed by atoms with Crippen molar-refractivity contribution in [1.29, 1.82) is 0 Å². The molecule has 0 fully saturated rings. The van der Waals surface area contributed by atoms with Gasteiger partial charge in [0, 0.05) is 0 Å². The van der Waals surface area contributed by atoms with Gasteiger partial charge in [-0.3, -0.25) is 0 Å². The molecule has 1 heterocycles. The molecule has 0 spiro atoms. The molecule has 0 N–H and O–H groups in total. The molecule has 0 saturated carbocycles. The molecule has 0 radical (unpaired) electrons. The Kier molecular flexibility index (Phi) is 16.2. The van der Waals surface area contributed by atoms with Crippen molar-refractivity contribution in [3.05, 3.63) is 82.4 Å². The topological polar surface area (TPSA) is 13.1 Å². The van der Waals surface area contributed by atoms with Gasteiger partial charge in [-0.2, -0.15) is 0 Å². The fourth-order valence-corrected chi connectivity index (χ4v) is 4.01. The van der Waals surface area contributed by atoms with Crippen molar-refractivity contribution in [2.24, 2.45) is 0 Å². The Morgan fingerprint density at radius 1 is 0.606 bits per heavy atom. The van der Waals surface area contributed by atoms with Gasteiger partial charge in [0.05, 0.1) is 12.5 Å². The molecule has 0 aliphatic heterocycles. The molecule has 1 aromatic heterocycles. The van der Waals surface area contributed by atoms with E-state index in [9.17, 15) is 0 Å². The van der Waals surface area contributed by atoms with Crippen molar-refractivity contribution in [3.8, 4) is 0 Å². The van der Waals surface area contributed by atoms with Gasteiger partial charge < -0.3 is 4.42 Å². The molecule has 33 heavy (non-hydrogen) atoms. The lowest BCUT2D eigenvalue weighted by atomic mass is 10.0. The third-order valence-electron chi connectivity index (χ3n) is 6.28. The van der Waals surface area contributed by atoms with Crippen molar-refractivity contribution in [2.75, 3.05) is 0 Å². The van der Waals surface area contributed by atoms with Gasteiger partial charge in [-0.15, -0.1) is 0 Å². The summed E-state index contributed by atoms with van der Waals surface area (Å²) in [5.74, 6) is 0. The summed E-state index contributed by atoms with van der Waals surface area (Å²) in [6.07, 6.45) is 29.8. The van der Waals surface area contributed by atoms with E-state index in [2.05, 4.69) is 78.0 Å².